The van der Waals surface area contributed by atoms with Crippen LogP contribution >= 0.6 is 0 Å². The van der Waals surface area contributed by atoms with E-state index in [0.717, 1.165) is 5.56 Å². The fourth-order valence-electron chi connectivity index (χ4n) is 1.40. The van der Waals surface area contributed by atoms with Crippen molar-refractivity contribution in [3.8, 4) is 0 Å². The predicted molar refractivity (Wildman–Crippen MR) is 63.2 cm³/mol. The number of rotatable bonds is 5. The second-order valence-electron chi connectivity index (χ2n) is 4.52. The van der Waals surface area contributed by atoms with Gasteiger partial charge in [-0.3, -0.25) is 0 Å². The molecule has 3 heteroatoms. The Bertz CT molecular complexity index is 316. The van der Waals surface area contributed by atoms with E-state index < -0.39 is 11.7 Å². The Labute approximate surface area is 96.7 Å². The van der Waals surface area contributed by atoms with E-state index in [4.69, 9.17) is 9.84 Å². The molecule has 0 heterocycles. The summed E-state index contributed by atoms with van der Waals surface area (Å²) in [5.41, 5.74) is 1.81. The number of benzene rings is 1. The number of aryl methyl sites for hydroxylation is 1. The van der Waals surface area contributed by atoms with Gasteiger partial charge < -0.3 is 14.9 Å². The normalized spacial score (nSPS) is 13.8. The highest BCUT2D eigenvalue weighted by Gasteiger charge is 2.22. The Morgan fingerprint density at radius 1 is 1.25 bits per heavy atom. The molecule has 0 aromatic heterocycles. The van der Waals surface area contributed by atoms with Gasteiger partial charge >= 0.3 is 0 Å². The van der Waals surface area contributed by atoms with Gasteiger partial charge in [0.05, 0.1) is 18.8 Å². The molecule has 0 saturated heterocycles. The molecule has 1 aromatic carbocycles. The van der Waals surface area contributed by atoms with E-state index in [2.05, 4.69) is 0 Å². The summed E-state index contributed by atoms with van der Waals surface area (Å²) in [6.45, 7) is 5.79. The lowest BCUT2D eigenvalue weighted by atomic mass is 9.97. The summed E-state index contributed by atoms with van der Waals surface area (Å²) < 4.78 is 5.60. The molecule has 1 aromatic rings. The first-order valence-corrected chi connectivity index (χ1v) is 5.46. The van der Waals surface area contributed by atoms with Gasteiger partial charge in [-0.05, 0) is 26.3 Å². The van der Waals surface area contributed by atoms with Crippen molar-refractivity contribution in [3.63, 3.8) is 0 Å². The first kappa shape index (κ1) is 13.2. The molecule has 0 amide bonds. The predicted octanol–water partition coefficient (Wildman–Crippen LogP) is 1.60. The quantitative estimate of drug-likeness (QED) is 0.798. The topological polar surface area (TPSA) is 49.7 Å². The van der Waals surface area contributed by atoms with Crippen LogP contribution in [0, 0.1) is 6.92 Å². The van der Waals surface area contributed by atoms with Crippen LogP contribution in [0.15, 0.2) is 24.3 Å². The molecular formula is C13H20O3. The van der Waals surface area contributed by atoms with Crippen LogP contribution in [0.2, 0.25) is 0 Å². The minimum absolute atomic E-state index is 0.136. The Kier molecular flexibility index (Phi) is 4.47. The molecule has 2 N–H and O–H groups in total. The lowest BCUT2D eigenvalue weighted by molar-refractivity contribution is -0.0741. The second-order valence-corrected chi connectivity index (χ2v) is 4.52. The Hall–Kier alpha value is -0.900. The van der Waals surface area contributed by atoms with Crippen molar-refractivity contribution in [3.05, 3.63) is 35.4 Å². The lowest BCUT2D eigenvalue weighted by Gasteiger charge is -2.27. The van der Waals surface area contributed by atoms with Gasteiger partial charge in [-0.1, -0.05) is 29.8 Å². The van der Waals surface area contributed by atoms with E-state index in [0.29, 0.717) is 0 Å². The molecular weight excluding hydrogens is 204 g/mol. The number of aliphatic hydroxyl groups excluding tert-OH is 2. The van der Waals surface area contributed by atoms with Crippen molar-refractivity contribution in [2.75, 3.05) is 13.2 Å². The minimum atomic E-state index is -0.815. The van der Waals surface area contributed by atoms with Gasteiger partial charge in [0.1, 0.15) is 6.10 Å². The van der Waals surface area contributed by atoms with Crippen LogP contribution in [0.5, 0.6) is 0 Å². The molecule has 1 unspecified atom stereocenters. The van der Waals surface area contributed by atoms with Crippen LogP contribution in [-0.2, 0) is 10.3 Å². The highest BCUT2D eigenvalue weighted by Crippen LogP contribution is 2.24. The largest absolute Gasteiger partial charge is 0.394 e. The van der Waals surface area contributed by atoms with Crippen LogP contribution < -0.4 is 0 Å². The fourth-order valence-corrected chi connectivity index (χ4v) is 1.40. The molecule has 0 bridgehead atoms. The summed E-state index contributed by atoms with van der Waals surface area (Å²) in [7, 11) is 0. The standard InChI is InChI=1S/C13H20O3/c1-10-4-6-11(7-5-10)13(2,3)16-9-12(15)8-14/h4-7,12,14-15H,8-9H2,1-3H3. The highest BCUT2D eigenvalue weighted by molar-refractivity contribution is 5.25. The third kappa shape index (κ3) is 3.59. The number of aliphatic hydroxyl groups is 2. The summed E-state index contributed by atoms with van der Waals surface area (Å²) in [6.07, 6.45) is -0.815. The van der Waals surface area contributed by atoms with Gasteiger partial charge in [0.15, 0.2) is 0 Å². The van der Waals surface area contributed by atoms with Crippen LogP contribution in [0.4, 0.5) is 0 Å². The van der Waals surface area contributed by atoms with Gasteiger partial charge in [-0.2, -0.15) is 0 Å². The van der Waals surface area contributed by atoms with E-state index in [9.17, 15) is 5.11 Å². The summed E-state index contributed by atoms with van der Waals surface area (Å²) in [5, 5.41) is 17.9. The smallest absolute Gasteiger partial charge is 0.100 e. The van der Waals surface area contributed by atoms with E-state index in [1.165, 1.54) is 5.56 Å². The number of ether oxygens (including phenoxy) is 1. The van der Waals surface area contributed by atoms with Crippen molar-refractivity contribution in [2.24, 2.45) is 0 Å². The summed E-state index contributed by atoms with van der Waals surface area (Å²) in [5.74, 6) is 0. The molecule has 3 nitrogen and oxygen atoms in total. The molecule has 0 saturated carbocycles. The monoisotopic (exact) mass is 224 g/mol. The van der Waals surface area contributed by atoms with Gasteiger partial charge in [0.2, 0.25) is 0 Å². The van der Waals surface area contributed by atoms with Gasteiger partial charge in [0.25, 0.3) is 0 Å². The first-order valence-electron chi connectivity index (χ1n) is 5.46. The molecule has 0 fully saturated rings. The maximum atomic E-state index is 9.24. The van der Waals surface area contributed by atoms with Crippen LogP contribution in [0.3, 0.4) is 0 Å². The molecule has 0 aliphatic carbocycles. The average Bonchev–Trinajstić information content (AvgIpc) is 2.26. The second kappa shape index (κ2) is 5.43. The summed E-state index contributed by atoms with van der Waals surface area (Å²) >= 11 is 0. The molecule has 16 heavy (non-hydrogen) atoms. The van der Waals surface area contributed by atoms with Gasteiger partial charge in [-0.15, -0.1) is 0 Å². The van der Waals surface area contributed by atoms with Crippen molar-refractivity contribution < 1.29 is 14.9 Å². The third-order valence-corrected chi connectivity index (χ3v) is 2.59. The summed E-state index contributed by atoms with van der Waals surface area (Å²) in [4.78, 5) is 0. The number of hydrogen-bond acceptors (Lipinski definition) is 3. The fraction of sp³-hybridized carbons (Fsp3) is 0.538. The van der Waals surface area contributed by atoms with Crippen molar-refractivity contribution in [1.29, 1.82) is 0 Å². The minimum Gasteiger partial charge on any atom is -0.394 e. The van der Waals surface area contributed by atoms with E-state index >= 15 is 0 Å². The van der Waals surface area contributed by atoms with E-state index in [1.807, 2.05) is 45.0 Å². The molecule has 90 valence electrons. The lowest BCUT2D eigenvalue weighted by Crippen LogP contribution is -2.28. The van der Waals surface area contributed by atoms with Gasteiger partial charge in [0, 0.05) is 0 Å². The summed E-state index contributed by atoms with van der Waals surface area (Å²) in [6, 6.07) is 8.09. The highest BCUT2D eigenvalue weighted by atomic mass is 16.5. The van der Waals surface area contributed by atoms with Crippen molar-refractivity contribution >= 4 is 0 Å². The van der Waals surface area contributed by atoms with Crippen LogP contribution in [0.1, 0.15) is 25.0 Å². The van der Waals surface area contributed by atoms with E-state index in [-0.39, 0.29) is 13.2 Å². The Morgan fingerprint density at radius 2 is 1.81 bits per heavy atom. The molecule has 0 spiro atoms. The SMILES string of the molecule is Cc1ccc(C(C)(C)OCC(O)CO)cc1. The third-order valence-electron chi connectivity index (χ3n) is 2.59. The number of hydrogen-bond donors (Lipinski definition) is 2. The zero-order valence-corrected chi connectivity index (χ0v) is 10.1. The van der Waals surface area contributed by atoms with Crippen LogP contribution in [-0.4, -0.2) is 29.5 Å². The zero-order chi connectivity index (χ0) is 12.2. The molecule has 1 rings (SSSR count). The Morgan fingerprint density at radius 3 is 2.31 bits per heavy atom. The Balaban J connectivity index is 2.66. The van der Waals surface area contributed by atoms with Gasteiger partial charge in [-0.25, -0.2) is 0 Å². The van der Waals surface area contributed by atoms with E-state index in [1.54, 1.807) is 0 Å². The van der Waals surface area contributed by atoms with Crippen molar-refractivity contribution in [2.45, 2.75) is 32.5 Å². The molecule has 1 atom stereocenters. The first-order chi connectivity index (χ1) is 7.45. The van der Waals surface area contributed by atoms with Crippen molar-refractivity contribution in [1.82, 2.24) is 0 Å². The zero-order valence-electron chi connectivity index (χ0n) is 10.1. The molecule has 0 aliphatic rings. The average molecular weight is 224 g/mol. The molecule has 0 radical (unpaired) electrons. The molecule has 0 aliphatic heterocycles. The maximum Gasteiger partial charge on any atom is 0.100 e. The maximum absolute atomic E-state index is 9.24. The van der Waals surface area contributed by atoms with Crippen LogP contribution in [0.25, 0.3) is 0 Å².